The van der Waals surface area contributed by atoms with Crippen molar-refractivity contribution < 1.29 is 47.5 Å². The number of anilines is 2. The van der Waals surface area contributed by atoms with Crippen LogP contribution in [0.3, 0.4) is 0 Å². The second kappa shape index (κ2) is 19.3. The standard InChI is InChI=1S/C51H48F2N8O8/c1-3-39-44(31-8-13-37(62)14-9-31)40(56-47(54)45(39)32-10-15-38(63)16-11-32)29-67-28-36-27-61(60-59-36)22-24-66-23-21-55-48(64)34-6-4-5-33(25-34)46-30(2)7-18-43(57-46)58-49(65)50(19-20-50)35-12-17-41-42(26-35)69-51(52,53)68-41/h4-18,25-27,62-63H,3,19-24,28-29H2,1-2H3,(H2,54,56)(H,55,64)(H,57,58,65). The van der Waals surface area contributed by atoms with Crippen LogP contribution in [0.15, 0.2) is 109 Å². The third-order valence-corrected chi connectivity index (χ3v) is 12.0. The molecule has 0 saturated heterocycles. The Labute approximate surface area is 395 Å². The number of rotatable bonds is 18. The van der Waals surface area contributed by atoms with Gasteiger partial charge in [0.1, 0.15) is 28.8 Å². The maximum Gasteiger partial charge on any atom is 0.586 e. The number of pyridine rings is 2. The van der Waals surface area contributed by atoms with Gasteiger partial charge in [0.25, 0.3) is 5.91 Å². The Hall–Kier alpha value is -7.96. The van der Waals surface area contributed by atoms with Gasteiger partial charge in [0.2, 0.25) is 5.91 Å². The van der Waals surface area contributed by atoms with Crippen LogP contribution < -0.4 is 25.8 Å². The lowest BCUT2D eigenvalue weighted by Crippen LogP contribution is -2.28. The summed E-state index contributed by atoms with van der Waals surface area (Å²) in [6.07, 6.45) is -0.299. The summed E-state index contributed by atoms with van der Waals surface area (Å²) < 4.78 is 49.9. The summed E-state index contributed by atoms with van der Waals surface area (Å²) in [6, 6.07) is 28.6. The molecule has 0 radical (unpaired) electrons. The predicted molar refractivity (Wildman–Crippen MR) is 250 cm³/mol. The van der Waals surface area contributed by atoms with Gasteiger partial charge in [0.05, 0.1) is 56.0 Å². The highest BCUT2D eigenvalue weighted by atomic mass is 19.3. The van der Waals surface area contributed by atoms with E-state index in [4.69, 9.17) is 25.2 Å². The molecule has 2 amide bonds. The number of alkyl halides is 2. The topological polar surface area (TPSA) is 218 Å². The zero-order valence-corrected chi connectivity index (χ0v) is 37.7. The molecule has 6 N–H and O–H groups in total. The molecule has 2 aliphatic rings. The van der Waals surface area contributed by atoms with Crippen molar-refractivity contribution in [2.45, 2.75) is 64.6 Å². The van der Waals surface area contributed by atoms with E-state index in [1.807, 2.05) is 38.1 Å². The van der Waals surface area contributed by atoms with Gasteiger partial charge in [-0.15, -0.1) is 13.9 Å². The number of amides is 2. The molecule has 1 aliphatic heterocycles. The molecule has 0 spiro atoms. The van der Waals surface area contributed by atoms with E-state index in [9.17, 15) is 28.6 Å². The van der Waals surface area contributed by atoms with Crippen LogP contribution in [0.1, 0.15) is 58.2 Å². The number of nitrogens with two attached hydrogens (primary N) is 1. The molecule has 354 valence electrons. The average Bonchev–Trinajstić information content (AvgIpc) is 3.93. The number of fused-ring (bicyclic) bond motifs is 1. The number of aromatic nitrogens is 5. The number of benzene rings is 4. The van der Waals surface area contributed by atoms with Gasteiger partial charge < -0.3 is 45.5 Å². The van der Waals surface area contributed by atoms with Crippen LogP contribution >= 0.6 is 0 Å². The van der Waals surface area contributed by atoms with Gasteiger partial charge in [0, 0.05) is 28.8 Å². The zero-order valence-electron chi connectivity index (χ0n) is 37.7. The van der Waals surface area contributed by atoms with E-state index in [2.05, 4.69) is 30.4 Å². The van der Waals surface area contributed by atoms with Crippen LogP contribution in [0.5, 0.6) is 23.0 Å². The Bertz CT molecular complexity index is 3030. The summed E-state index contributed by atoms with van der Waals surface area (Å²) in [5.41, 5.74) is 14.2. The molecule has 4 aromatic carbocycles. The van der Waals surface area contributed by atoms with E-state index in [1.54, 1.807) is 77.6 Å². The van der Waals surface area contributed by atoms with Crippen molar-refractivity contribution in [2.75, 3.05) is 30.8 Å². The second-order valence-electron chi connectivity index (χ2n) is 16.8. The van der Waals surface area contributed by atoms with Crippen LogP contribution in [0.25, 0.3) is 33.5 Å². The fourth-order valence-corrected chi connectivity index (χ4v) is 8.41. The van der Waals surface area contributed by atoms with Gasteiger partial charge in [-0.1, -0.05) is 60.7 Å². The van der Waals surface area contributed by atoms with Gasteiger partial charge in [-0.2, -0.15) is 0 Å². The summed E-state index contributed by atoms with van der Waals surface area (Å²) in [5, 5.41) is 34.1. The molecule has 1 saturated carbocycles. The Kier molecular flexibility index (Phi) is 12.9. The minimum atomic E-state index is -3.76. The summed E-state index contributed by atoms with van der Waals surface area (Å²) in [5.74, 6) is 0.107. The van der Waals surface area contributed by atoms with Crippen molar-refractivity contribution in [1.29, 1.82) is 0 Å². The maximum atomic E-state index is 13.6. The fourth-order valence-electron chi connectivity index (χ4n) is 8.41. The van der Waals surface area contributed by atoms with E-state index >= 15 is 0 Å². The molecule has 18 heteroatoms. The number of hydrogen-bond acceptors (Lipinski definition) is 13. The molecule has 1 aliphatic carbocycles. The van der Waals surface area contributed by atoms with Gasteiger partial charge in [0.15, 0.2) is 11.5 Å². The Morgan fingerprint density at radius 2 is 1.55 bits per heavy atom. The van der Waals surface area contributed by atoms with Crippen LogP contribution in [-0.4, -0.2) is 73.0 Å². The number of phenols is 2. The first kappa shape index (κ1) is 46.2. The molecule has 4 heterocycles. The molecule has 1 fully saturated rings. The minimum absolute atomic E-state index is 0.0873. The van der Waals surface area contributed by atoms with E-state index in [0.29, 0.717) is 77.8 Å². The molecule has 7 aromatic rings. The molecular weight excluding hydrogens is 891 g/mol. The van der Waals surface area contributed by atoms with Gasteiger partial charge >= 0.3 is 6.29 Å². The highest BCUT2D eigenvalue weighted by Crippen LogP contribution is 2.52. The SMILES string of the molecule is CCc1c(-c2ccc(O)cc2)c(N)nc(COCc2cn(CCOCCNC(=O)c3cccc(-c4nc(NC(=O)C5(c6ccc7c(c6)OC(F)(F)O7)CC5)ccc4C)c3)nn2)c1-c1ccc(O)cc1. The van der Waals surface area contributed by atoms with Crippen molar-refractivity contribution in [3.63, 3.8) is 0 Å². The lowest BCUT2D eigenvalue weighted by atomic mass is 9.89. The lowest BCUT2D eigenvalue weighted by Gasteiger charge is -2.20. The number of nitrogens with one attached hydrogen (secondary N) is 2. The molecule has 0 bridgehead atoms. The van der Waals surface area contributed by atoms with Crippen molar-refractivity contribution >= 4 is 23.5 Å². The molecule has 3 aromatic heterocycles. The Balaban J connectivity index is 0.746. The number of aryl methyl sites for hydroxylation is 1. The summed E-state index contributed by atoms with van der Waals surface area (Å²) in [7, 11) is 0. The number of aromatic hydroxyl groups is 2. The van der Waals surface area contributed by atoms with E-state index in [-0.39, 0.29) is 61.2 Å². The van der Waals surface area contributed by atoms with Gasteiger partial charge in [-0.05, 0) is 109 Å². The van der Waals surface area contributed by atoms with E-state index in [0.717, 1.165) is 33.4 Å². The lowest BCUT2D eigenvalue weighted by molar-refractivity contribution is -0.286. The largest absolute Gasteiger partial charge is 0.586 e. The van der Waals surface area contributed by atoms with Crippen molar-refractivity contribution in [3.8, 4) is 56.5 Å². The zero-order chi connectivity index (χ0) is 48.3. The Morgan fingerprint density at radius 1 is 0.826 bits per heavy atom. The van der Waals surface area contributed by atoms with Crippen LogP contribution in [0.4, 0.5) is 20.4 Å². The van der Waals surface area contributed by atoms with E-state index < -0.39 is 11.7 Å². The summed E-state index contributed by atoms with van der Waals surface area (Å²) in [6.45, 7) is 5.44. The minimum Gasteiger partial charge on any atom is -0.508 e. The quantitative estimate of drug-likeness (QED) is 0.0515. The van der Waals surface area contributed by atoms with Crippen LogP contribution in [-0.2, 0) is 45.9 Å². The van der Waals surface area contributed by atoms with Gasteiger partial charge in [-0.25, -0.2) is 14.6 Å². The average molecular weight is 939 g/mol. The third kappa shape index (κ3) is 10.2. The monoisotopic (exact) mass is 938 g/mol. The number of hydrogen-bond donors (Lipinski definition) is 5. The Morgan fingerprint density at radius 3 is 2.28 bits per heavy atom. The van der Waals surface area contributed by atoms with Crippen molar-refractivity contribution in [1.82, 2.24) is 30.3 Å². The van der Waals surface area contributed by atoms with Crippen molar-refractivity contribution in [3.05, 3.63) is 143 Å². The first-order valence-electron chi connectivity index (χ1n) is 22.3. The third-order valence-electron chi connectivity index (χ3n) is 12.0. The highest BCUT2D eigenvalue weighted by Gasteiger charge is 2.53. The first-order valence-corrected chi connectivity index (χ1v) is 22.3. The first-order chi connectivity index (χ1) is 33.3. The summed E-state index contributed by atoms with van der Waals surface area (Å²) >= 11 is 0. The highest BCUT2D eigenvalue weighted by molar-refractivity contribution is 6.01. The van der Waals surface area contributed by atoms with Crippen molar-refractivity contribution in [2.24, 2.45) is 0 Å². The fraction of sp³-hybridized carbons (Fsp3) is 0.255. The molecule has 0 atom stereocenters. The molecule has 9 rings (SSSR count). The second-order valence-corrected chi connectivity index (χ2v) is 16.8. The number of carbonyl (C=O) groups excluding carboxylic acids is 2. The molecule has 69 heavy (non-hydrogen) atoms. The normalized spacial score (nSPS) is 14.1. The number of ether oxygens (including phenoxy) is 4. The number of nitrogen functional groups attached to an aromatic ring is 1. The number of nitrogens with zero attached hydrogens (tertiary/aromatic N) is 5. The molecule has 0 unspecified atom stereocenters. The molecule has 16 nitrogen and oxygen atoms in total. The number of carbonyl (C=O) groups is 2. The smallest absolute Gasteiger partial charge is 0.508 e. The van der Waals surface area contributed by atoms with Gasteiger partial charge in [-0.3, -0.25) is 9.59 Å². The van der Waals surface area contributed by atoms with E-state index in [1.165, 1.54) is 12.1 Å². The molecular formula is C51H48F2N8O8. The predicted octanol–water partition coefficient (Wildman–Crippen LogP) is 8.09. The maximum absolute atomic E-state index is 13.6. The van der Waals surface area contributed by atoms with Crippen LogP contribution in [0, 0.1) is 6.92 Å². The van der Waals surface area contributed by atoms with Crippen LogP contribution in [0.2, 0.25) is 0 Å². The number of halogens is 2. The summed E-state index contributed by atoms with van der Waals surface area (Å²) in [4.78, 5) is 36.3. The number of phenolic OH excluding ortho intramolecular Hbond substituents is 2.